The summed E-state index contributed by atoms with van der Waals surface area (Å²) in [6.07, 6.45) is 8.43. The lowest BCUT2D eigenvalue weighted by atomic mass is 9.59. The van der Waals surface area contributed by atoms with Gasteiger partial charge in [0.05, 0.1) is 12.5 Å². The van der Waals surface area contributed by atoms with Crippen molar-refractivity contribution in [2.45, 2.75) is 58.5 Å². The summed E-state index contributed by atoms with van der Waals surface area (Å²) in [4.78, 5) is 28.1. The van der Waals surface area contributed by atoms with E-state index in [2.05, 4.69) is 26.3 Å². The molecule has 3 atom stereocenters. The van der Waals surface area contributed by atoms with Crippen LogP contribution in [0.25, 0.3) is 0 Å². The molecule has 4 heteroatoms. The maximum atomic E-state index is 14.1. The minimum Gasteiger partial charge on any atom is -0.500 e. The van der Waals surface area contributed by atoms with E-state index >= 15 is 0 Å². The van der Waals surface area contributed by atoms with Crippen LogP contribution in [0.3, 0.4) is 0 Å². The van der Waals surface area contributed by atoms with Crippen molar-refractivity contribution >= 4 is 11.6 Å². The van der Waals surface area contributed by atoms with E-state index in [-0.39, 0.29) is 35.4 Å². The quantitative estimate of drug-likeness (QED) is 0.167. The summed E-state index contributed by atoms with van der Waals surface area (Å²) < 4.78 is 12.9. The van der Waals surface area contributed by atoms with Crippen LogP contribution in [0.5, 0.6) is 0 Å². The first-order valence-electron chi connectivity index (χ1n) is 12.9. The van der Waals surface area contributed by atoms with E-state index in [1.807, 2.05) is 39.0 Å². The van der Waals surface area contributed by atoms with Crippen LogP contribution in [0.4, 0.5) is 0 Å². The van der Waals surface area contributed by atoms with Gasteiger partial charge in [0.1, 0.15) is 22.7 Å². The number of ether oxygens (including phenoxy) is 2. The van der Waals surface area contributed by atoms with Crippen LogP contribution in [0.15, 0.2) is 103 Å². The van der Waals surface area contributed by atoms with Gasteiger partial charge in [-0.05, 0) is 58.8 Å². The number of carbonyl (C=O) groups excluding carboxylic acids is 2. The molecule has 0 bridgehead atoms. The van der Waals surface area contributed by atoms with Crippen molar-refractivity contribution in [2.24, 2.45) is 17.3 Å². The van der Waals surface area contributed by atoms with Gasteiger partial charge in [0.2, 0.25) is 0 Å². The van der Waals surface area contributed by atoms with Gasteiger partial charge in [-0.2, -0.15) is 0 Å². The Morgan fingerprint density at radius 2 is 1.84 bits per heavy atom. The lowest BCUT2D eigenvalue weighted by Crippen LogP contribution is -2.51. The Balaban J connectivity index is 2.41. The van der Waals surface area contributed by atoms with Gasteiger partial charge in [0.25, 0.3) is 0 Å². The fourth-order valence-electron chi connectivity index (χ4n) is 5.84. The highest BCUT2D eigenvalue weighted by Crippen LogP contribution is 2.60. The van der Waals surface area contributed by atoms with Crippen molar-refractivity contribution < 1.29 is 19.1 Å². The lowest BCUT2D eigenvalue weighted by Gasteiger charge is -2.53. The predicted octanol–water partition coefficient (Wildman–Crippen LogP) is 7.72. The summed E-state index contributed by atoms with van der Waals surface area (Å²) in [6, 6.07) is 8.91. The summed E-state index contributed by atoms with van der Waals surface area (Å²) in [5.74, 6) is 0.423. The molecule has 0 unspecified atom stereocenters. The van der Waals surface area contributed by atoms with E-state index in [9.17, 15) is 9.59 Å². The third-order valence-corrected chi connectivity index (χ3v) is 7.82. The molecule has 0 N–H and O–H groups in total. The first kappa shape index (κ1) is 28.2. The van der Waals surface area contributed by atoms with Crippen LogP contribution in [0, 0.1) is 17.3 Å². The highest BCUT2D eigenvalue weighted by Gasteiger charge is 2.58. The molecule has 0 spiro atoms. The minimum absolute atomic E-state index is 0.0538. The van der Waals surface area contributed by atoms with Gasteiger partial charge in [-0.1, -0.05) is 60.7 Å². The van der Waals surface area contributed by atoms with Gasteiger partial charge in [-0.15, -0.1) is 19.7 Å². The first-order chi connectivity index (χ1) is 17.6. The zero-order chi connectivity index (χ0) is 27.4. The lowest BCUT2D eigenvalue weighted by molar-refractivity contribution is -0.122. The van der Waals surface area contributed by atoms with Gasteiger partial charge in [0.15, 0.2) is 11.6 Å². The molecule has 1 fully saturated rings. The van der Waals surface area contributed by atoms with Crippen molar-refractivity contribution in [3.63, 3.8) is 0 Å². The standard InChI is InChI=1S/C33H40O4/c1-9-15-24(22(4)5)20-33-21-25(16-10-2)32(6,7)37-31(33)27(28(34)23-18-13-12-14-19-23)29(35)26(17-11-3)30(33)36-8/h9-14,18-19,24-25H,1-4,15-17,20-21H2,5-8H3/t24-,25+,33-/m1/s1. The molecule has 0 saturated carbocycles. The Morgan fingerprint density at radius 1 is 1.16 bits per heavy atom. The van der Waals surface area contributed by atoms with E-state index in [0.29, 0.717) is 41.9 Å². The smallest absolute Gasteiger partial charge is 0.200 e. The molecule has 37 heavy (non-hydrogen) atoms. The molecular formula is C33H40O4. The van der Waals surface area contributed by atoms with Crippen molar-refractivity contribution in [1.29, 1.82) is 0 Å². The minimum atomic E-state index is -0.823. The van der Waals surface area contributed by atoms with E-state index < -0.39 is 11.0 Å². The fraction of sp³-hybridized carbons (Fsp3) is 0.394. The molecule has 1 saturated heterocycles. The maximum absolute atomic E-state index is 14.1. The Hall–Kier alpha value is -3.40. The second-order valence-corrected chi connectivity index (χ2v) is 10.7. The van der Waals surface area contributed by atoms with Crippen LogP contribution in [-0.2, 0) is 14.3 Å². The summed E-state index contributed by atoms with van der Waals surface area (Å²) in [5, 5.41) is 0. The number of hydrogen-bond donors (Lipinski definition) is 0. The largest absolute Gasteiger partial charge is 0.500 e. The van der Waals surface area contributed by atoms with E-state index in [0.717, 1.165) is 12.0 Å². The predicted molar refractivity (Wildman–Crippen MR) is 150 cm³/mol. The molecule has 196 valence electrons. The third kappa shape index (κ3) is 5.20. The normalized spacial score (nSPS) is 23.5. The van der Waals surface area contributed by atoms with Crippen LogP contribution in [0.1, 0.15) is 63.2 Å². The zero-order valence-corrected chi connectivity index (χ0v) is 22.8. The van der Waals surface area contributed by atoms with Gasteiger partial charge in [0, 0.05) is 17.1 Å². The van der Waals surface area contributed by atoms with Crippen LogP contribution in [-0.4, -0.2) is 24.3 Å². The summed E-state index contributed by atoms with van der Waals surface area (Å²) in [5.41, 5.74) is 0.557. The Morgan fingerprint density at radius 3 is 2.38 bits per heavy atom. The number of hydrogen-bond acceptors (Lipinski definition) is 4. The second kappa shape index (κ2) is 11.3. The zero-order valence-electron chi connectivity index (χ0n) is 22.8. The number of ketones is 2. The first-order valence-corrected chi connectivity index (χ1v) is 12.9. The van der Waals surface area contributed by atoms with E-state index in [1.54, 1.807) is 37.5 Å². The monoisotopic (exact) mass is 500 g/mol. The number of benzene rings is 1. The van der Waals surface area contributed by atoms with Crippen molar-refractivity contribution in [3.05, 3.63) is 109 Å². The number of allylic oxidation sites excluding steroid dienone is 6. The highest BCUT2D eigenvalue weighted by molar-refractivity contribution is 6.32. The van der Waals surface area contributed by atoms with Crippen molar-refractivity contribution in [3.8, 4) is 0 Å². The third-order valence-electron chi connectivity index (χ3n) is 7.82. The fourth-order valence-corrected chi connectivity index (χ4v) is 5.84. The van der Waals surface area contributed by atoms with Crippen LogP contribution >= 0.6 is 0 Å². The molecule has 1 aromatic carbocycles. The summed E-state index contributed by atoms with van der Waals surface area (Å²) in [6.45, 7) is 22.1. The second-order valence-electron chi connectivity index (χ2n) is 10.7. The SMILES string of the molecule is C=CCC1=C(OC)[C@@]2(C[C@@H](CC=C)C(=C)C)C[C@H](CC=C)C(C)(C)OC2=C(C(=O)c2ccccc2)C1=O. The van der Waals surface area contributed by atoms with Gasteiger partial charge in [-0.25, -0.2) is 0 Å². The Bertz CT molecular complexity index is 1160. The average molecular weight is 501 g/mol. The van der Waals surface area contributed by atoms with Gasteiger partial charge >= 0.3 is 0 Å². The molecule has 1 heterocycles. The molecular weight excluding hydrogens is 460 g/mol. The molecule has 1 aromatic rings. The molecule has 1 aliphatic heterocycles. The Kier molecular flexibility index (Phi) is 8.63. The summed E-state index contributed by atoms with van der Waals surface area (Å²) in [7, 11) is 1.60. The van der Waals surface area contributed by atoms with Crippen molar-refractivity contribution in [1.82, 2.24) is 0 Å². The number of rotatable bonds is 12. The van der Waals surface area contributed by atoms with Gasteiger partial charge in [-0.3, -0.25) is 9.59 Å². The molecule has 3 rings (SSSR count). The average Bonchev–Trinajstić information content (AvgIpc) is 2.86. The topological polar surface area (TPSA) is 52.6 Å². The molecule has 4 nitrogen and oxygen atoms in total. The maximum Gasteiger partial charge on any atom is 0.200 e. The van der Waals surface area contributed by atoms with Crippen LogP contribution < -0.4 is 0 Å². The number of Topliss-reactive ketones (excluding diaryl/α,β-unsaturated/α-hetero) is 2. The molecule has 0 radical (unpaired) electrons. The number of carbonyl (C=O) groups is 2. The number of fused-ring (bicyclic) bond motifs is 1. The molecule has 2 aliphatic rings. The van der Waals surface area contributed by atoms with E-state index in [1.165, 1.54) is 0 Å². The molecule has 1 aliphatic carbocycles. The number of methoxy groups -OCH3 is 1. The van der Waals surface area contributed by atoms with Crippen LogP contribution in [0.2, 0.25) is 0 Å². The van der Waals surface area contributed by atoms with E-state index in [4.69, 9.17) is 9.47 Å². The highest BCUT2D eigenvalue weighted by atomic mass is 16.5. The summed E-state index contributed by atoms with van der Waals surface area (Å²) >= 11 is 0. The molecule has 0 aromatic heterocycles. The molecule has 0 amide bonds. The van der Waals surface area contributed by atoms with Crippen molar-refractivity contribution in [2.75, 3.05) is 7.11 Å². The Labute approximate surface area is 222 Å². The van der Waals surface area contributed by atoms with Gasteiger partial charge < -0.3 is 9.47 Å².